The van der Waals surface area contributed by atoms with Crippen LogP contribution in [-0.4, -0.2) is 63.8 Å². The van der Waals surface area contributed by atoms with Crippen molar-refractivity contribution in [2.75, 3.05) is 52.0 Å². The minimum atomic E-state index is -0.0808. The van der Waals surface area contributed by atoms with Crippen molar-refractivity contribution in [3.05, 3.63) is 53.6 Å². The van der Waals surface area contributed by atoms with Gasteiger partial charge in [-0.15, -0.1) is 0 Å². The summed E-state index contributed by atoms with van der Waals surface area (Å²) in [5.74, 6) is 0.858. The van der Waals surface area contributed by atoms with E-state index in [1.807, 2.05) is 36.4 Å². The second-order valence-corrected chi connectivity index (χ2v) is 7.13. The Morgan fingerprint density at radius 3 is 2.67 bits per heavy atom. The van der Waals surface area contributed by atoms with E-state index < -0.39 is 0 Å². The third kappa shape index (κ3) is 3.89. The van der Waals surface area contributed by atoms with E-state index in [1.54, 1.807) is 36.1 Å². The summed E-state index contributed by atoms with van der Waals surface area (Å²) in [6.07, 6.45) is 1.84. The van der Waals surface area contributed by atoms with E-state index in [9.17, 15) is 9.59 Å². The molecule has 0 radical (unpaired) electrons. The number of anilines is 1. The normalized spacial score (nSPS) is 17.3. The second-order valence-electron chi connectivity index (χ2n) is 7.13. The van der Waals surface area contributed by atoms with Crippen LogP contribution in [0.1, 0.15) is 11.1 Å². The lowest BCUT2D eigenvalue weighted by Gasteiger charge is -2.26. The highest BCUT2D eigenvalue weighted by atomic mass is 16.5. The number of amides is 2. The van der Waals surface area contributed by atoms with Crippen LogP contribution in [0.25, 0.3) is 11.6 Å². The Balaban J connectivity index is 1.52. The first-order chi connectivity index (χ1) is 14.6. The monoisotopic (exact) mass is 408 g/mol. The van der Waals surface area contributed by atoms with Gasteiger partial charge in [0.25, 0.3) is 11.8 Å². The minimum Gasteiger partial charge on any atom is -0.493 e. The number of hydrogen-bond donors (Lipinski definition) is 0. The molecule has 0 aliphatic carbocycles. The molecule has 0 spiro atoms. The Morgan fingerprint density at radius 2 is 1.90 bits per heavy atom. The Bertz CT molecular complexity index is 995. The van der Waals surface area contributed by atoms with Crippen LogP contribution in [0.15, 0.2) is 42.5 Å². The molecule has 7 heteroatoms. The van der Waals surface area contributed by atoms with Crippen LogP contribution in [0.4, 0.5) is 5.69 Å². The first kappa shape index (κ1) is 20.0. The first-order valence-electron chi connectivity index (χ1n) is 9.84. The summed E-state index contributed by atoms with van der Waals surface area (Å²) in [4.78, 5) is 28.3. The molecule has 0 unspecified atom stereocenters. The van der Waals surface area contributed by atoms with Gasteiger partial charge in [-0.2, -0.15) is 0 Å². The van der Waals surface area contributed by atoms with Crippen LogP contribution in [0.5, 0.6) is 11.5 Å². The zero-order valence-corrected chi connectivity index (χ0v) is 17.1. The molecule has 4 rings (SSSR count). The highest BCUT2D eigenvalue weighted by molar-refractivity contribution is 6.35. The van der Waals surface area contributed by atoms with Crippen LogP contribution >= 0.6 is 0 Å². The molecule has 2 heterocycles. The molecule has 156 valence electrons. The molecule has 1 saturated heterocycles. The van der Waals surface area contributed by atoms with Gasteiger partial charge in [0.15, 0.2) is 18.1 Å². The lowest BCUT2D eigenvalue weighted by molar-refractivity contribution is -0.137. The quantitative estimate of drug-likeness (QED) is 0.711. The summed E-state index contributed by atoms with van der Waals surface area (Å²) in [6.45, 7) is 2.20. The van der Waals surface area contributed by atoms with Gasteiger partial charge in [-0.1, -0.05) is 24.3 Å². The lowest BCUT2D eigenvalue weighted by Crippen LogP contribution is -2.43. The van der Waals surface area contributed by atoms with Gasteiger partial charge >= 0.3 is 0 Å². The number of morpholine rings is 1. The fourth-order valence-electron chi connectivity index (χ4n) is 3.64. The molecule has 0 N–H and O–H groups in total. The number of likely N-dealkylation sites (N-methyl/N-ethyl adjacent to an activating group) is 1. The molecule has 0 atom stereocenters. The van der Waals surface area contributed by atoms with Crippen LogP contribution in [-0.2, 0) is 14.3 Å². The average molecular weight is 408 g/mol. The molecular formula is C23H24N2O5. The second kappa shape index (κ2) is 8.59. The molecular weight excluding hydrogens is 384 g/mol. The maximum absolute atomic E-state index is 12.7. The Labute approximate surface area is 175 Å². The van der Waals surface area contributed by atoms with Gasteiger partial charge in [-0.05, 0) is 29.8 Å². The number of para-hydroxylation sites is 1. The van der Waals surface area contributed by atoms with E-state index in [2.05, 4.69) is 0 Å². The summed E-state index contributed by atoms with van der Waals surface area (Å²) in [5.41, 5.74) is 3.24. The third-order valence-corrected chi connectivity index (χ3v) is 5.30. The fourth-order valence-corrected chi connectivity index (χ4v) is 3.64. The van der Waals surface area contributed by atoms with Gasteiger partial charge in [0.2, 0.25) is 0 Å². The van der Waals surface area contributed by atoms with Gasteiger partial charge < -0.3 is 24.0 Å². The summed E-state index contributed by atoms with van der Waals surface area (Å²) in [5, 5.41) is 0. The van der Waals surface area contributed by atoms with Crippen LogP contribution in [0.3, 0.4) is 0 Å². The molecule has 2 aromatic rings. The SMILES string of the molecule is COc1cc(C=C2C(=O)N(C)c3ccccc32)ccc1OCC(=O)N1CCOCC1. The number of carbonyl (C=O) groups excluding carboxylic acids is 2. The number of rotatable bonds is 5. The number of hydrogen-bond acceptors (Lipinski definition) is 5. The van der Waals surface area contributed by atoms with E-state index in [0.717, 1.165) is 16.8 Å². The van der Waals surface area contributed by atoms with Crippen LogP contribution < -0.4 is 14.4 Å². The van der Waals surface area contributed by atoms with Crippen LogP contribution in [0.2, 0.25) is 0 Å². The predicted molar refractivity (Wildman–Crippen MR) is 114 cm³/mol. The van der Waals surface area contributed by atoms with Gasteiger partial charge in [0, 0.05) is 31.3 Å². The van der Waals surface area contributed by atoms with Crippen molar-refractivity contribution in [1.82, 2.24) is 4.90 Å². The molecule has 2 amide bonds. The first-order valence-corrected chi connectivity index (χ1v) is 9.84. The highest BCUT2D eigenvalue weighted by Gasteiger charge is 2.29. The van der Waals surface area contributed by atoms with Gasteiger partial charge in [-0.25, -0.2) is 0 Å². The van der Waals surface area contributed by atoms with Crippen LogP contribution in [0, 0.1) is 0 Å². The molecule has 1 fully saturated rings. The maximum atomic E-state index is 12.7. The van der Waals surface area contributed by atoms with Crippen molar-refractivity contribution in [1.29, 1.82) is 0 Å². The summed E-state index contributed by atoms with van der Waals surface area (Å²) >= 11 is 0. The zero-order valence-electron chi connectivity index (χ0n) is 17.1. The Kier molecular flexibility index (Phi) is 5.72. The summed E-state index contributed by atoms with van der Waals surface area (Å²) < 4.78 is 16.4. The molecule has 2 aliphatic heterocycles. The van der Waals surface area contributed by atoms with Gasteiger partial charge in [0.1, 0.15) is 0 Å². The third-order valence-electron chi connectivity index (χ3n) is 5.30. The fraction of sp³-hybridized carbons (Fsp3) is 0.304. The topological polar surface area (TPSA) is 68.3 Å². The van der Waals surface area contributed by atoms with Gasteiger partial charge in [0.05, 0.1) is 26.0 Å². The smallest absolute Gasteiger partial charge is 0.260 e. The van der Waals surface area contributed by atoms with E-state index in [-0.39, 0.29) is 18.4 Å². The van der Waals surface area contributed by atoms with Crippen molar-refractivity contribution in [3.8, 4) is 11.5 Å². The largest absolute Gasteiger partial charge is 0.493 e. The molecule has 2 aliphatic rings. The number of fused-ring (bicyclic) bond motifs is 1. The molecule has 0 bridgehead atoms. The van der Waals surface area contributed by atoms with Crippen molar-refractivity contribution in [2.45, 2.75) is 0 Å². The number of methoxy groups -OCH3 is 1. The van der Waals surface area contributed by atoms with Crippen molar-refractivity contribution < 1.29 is 23.8 Å². The van der Waals surface area contributed by atoms with Crippen molar-refractivity contribution >= 4 is 29.2 Å². The Morgan fingerprint density at radius 1 is 1.13 bits per heavy atom. The lowest BCUT2D eigenvalue weighted by atomic mass is 10.0. The number of carbonyl (C=O) groups is 2. The maximum Gasteiger partial charge on any atom is 0.260 e. The number of ether oxygens (including phenoxy) is 3. The standard InChI is InChI=1S/C23H24N2O5/c1-24-19-6-4-3-5-17(19)18(23(24)27)13-16-7-8-20(21(14-16)28-2)30-15-22(26)25-9-11-29-12-10-25/h3-8,13-14H,9-12,15H2,1-2H3. The predicted octanol–water partition coefficient (Wildman–Crippen LogP) is 2.45. The summed E-state index contributed by atoms with van der Waals surface area (Å²) in [7, 11) is 3.32. The van der Waals surface area contributed by atoms with E-state index in [0.29, 0.717) is 43.4 Å². The molecule has 0 aromatic heterocycles. The number of benzene rings is 2. The van der Waals surface area contributed by atoms with E-state index >= 15 is 0 Å². The van der Waals surface area contributed by atoms with Crippen molar-refractivity contribution in [2.24, 2.45) is 0 Å². The van der Waals surface area contributed by atoms with E-state index in [4.69, 9.17) is 14.2 Å². The highest BCUT2D eigenvalue weighted by Crippen LogP contribution is 2.37. The van der Waals surface area contributed by atoms with E-state index in [1.165, 1.54) is 0 Å². The van der Waals surface area contributed by atoms with Crippen molar-refractivity contribution in [3.63, 3.8) is 0 Å². The Hall–Kier alpha value is -3.32. The molecule has 0 saturated carbocycles. The molecule has 2 aromatic carbocycles. The summed E-state index contributed by atoms with van der Waals surface area (Å²) in [6, 6.07) is 13.1. The minimum absolute atomic E-state index is 0.0494. The molecule has 7 nitrogen and oxygen atoms in total. The number of nitrogens with zero attached hydrogens (tertiary/aromatic N) is 2. The molecule has 30 heavy (non-hydrogen) atoms. The zero-order chi connectivity index (χ0) is 21.1. The average Bonchev–Trinajstić information content (AvgIpc) is 3.03. The van der Waals surface area contributed by atoms with Gasteiger partial charge in [-0.3, -0.25) is 9.59 Å².